The Morgan fingerprint density at radius 2 is 2.00 bits per heavy atom. The van der Waals surface area contributed by atoms with Crippen LogP contribution in [0.15, 0.2) is 42.6 Å². The lowest BCUT2D eigenvalue weighted by atomic mass is 10.0. The summed E-state index contributed by atoms with van der Waals surface area (Å²) >= 11 is 0. The first kappa shape index (κ1) is 19.3. The van der Waals surface area contributed by atoms with Crippen molar-refractivity contribution in [2.24, 2.45) is 0 Å². The third-order valence-electron chi connectivity index (χ3n) is 4.77. The number of hydrogen-bond donors (Lipinski definition) is 2. The number of aliphatic hydroxyl groups is 1. The Morgan fingerprint density at radius 3 is 2.59 bits per heavy atom. The molecule has 1 aliphatic rings. The molecule has 0 spiro atoms. The molecule has 0 aliphatic carbocycles. The fourth-order valence-electron chi connectivity index (χ4n) is 3.31. The standard InChI is InChI=1S/C19H20F3N3O2/c1-25-10-14(9-15(25)11-26)24-18(27)13-6-4-12(5-7-13)17-16(19(20,21)22)3-2-8-23-17/h2-8,14-15,26H,9-11H2,1H3,(H,24,27)/t14-,15+/m1/s1. The SMILES string of the molecule is CN1C[C@H](NC(=O)c2ccc(-c3ncccc3C(F)(F)F)cc2)C[C@H]1CO. The van der Waals surface area contributed by atoms with E-state index in [1.54, 1.807) is 0 Å². The molecular formula is C19H20F3N3O2. The van der Waals surface area contributed by atoms with E-state index in [1.165, 1.54) is 36.5 Å². The Kier molecular flexibility index (Phi) is 5.48. The maximum Gasteiger partial charge on any atom is 0.418 e. The summed E-state index contributed by atoms with van der Waals surface area (Å²) in [5.41, 5.74) is -0.329. The fraction of sp³-hybridized carbons (Fsp3) is 0.368. The summed E-state index contributed by atoms with van der Waals surface area (Å²) in [6, 6.07) is 8.06. The van der Waals surface area contributed by atoms with Crippen LogP contribution in [0.3, 0.4) is 0 Å². The third-order valence-corrected chi connectivity index (χ3v) is 4.77. The number of nitrogens with one attached hydrogen (secondary N) is 1. The molecule has 1 aromatic carbocycles. The van der Waals surface area contributed by atoms with Crippen LogP contribution in [0.1, 0.15) is 22.3 Å². The lowest BCUT2D eigenvalue weighted by molar-refractivity contribution is -0.137. The van der Waals surface area contributed by atoms with Gasteiger partial charge in [0.2, 0.25) is 0 Å². The van der Waals surface area contributed by atoms with Gasteiger partial charge in [-0.1, -0.05) is 12.1 Å². The molecule has 5 nitrogen and oxygen atoms in total. The lowest BCUT2D eigenvalue weighted by Gasteiger charge is -2.15. The van der Waals surface area contributed by atoms with Crippen LogP contribution in [0.25, 0.3) is 11.3 Å². The van der Waals surface area contributed by atoms with Gasteiger partial charge in [0, 0.05) is 36.0 Å². The van der Waals surface area contributed by atoms with Gasteiger partial charge >= 0.3 is 6.18 Å². The number of halogens is 3. The molecule has 0 saturated carbocycles. The number of aromatic nitrogens is 1. The number of carbonyl (C=O) groups is 1. The van der Waals surface area contributed by atoms with Crippen molar-refractivity contribution >= 4 is 5.91 Å². The number of rotatable bonds is 4. The second kappa shape index (κ2) is 7.66. The normalized spacial score (nSPS) is 20.6. The van der Waals surface area contributed by atoms with Crippen molar-refractivity contribution in [2.45, 2.75) is 24.7 Å². The van der Waals surface area contributed by atoms with Gasteiger partial charge in [0.25, 0.3) is 5.91 Å². The Morgan fingerprint density at radius 1 is 1.30 bits per heavy atom. The smallest absolute Gasteiger partial charge is 0.395 e. The van der Waals surface area contributed by atoms with E-state index in [0.717, 1.165) is 6.07 Å². The molecule has 0 bridgehead atoms. The Hall–Kier alpha value is -2.45. The van der Waals surface area contributed by atoms with Crippen LogP contribution in [0, 0.1) is 0 Å². The second-order valence-electron chi connectivity index (χ2n) is 6.66. The van der Waals surface area contributed by atoms with Gasteiger partial charge in [-0.25, -0.2) is 0 Å². The summed E-state index contributed by atoms with van der Waals surface area (Å²) < 4.78 is 39.4. The Bertz CT molecular complexity index is 809. The highest BCUT2D eigenvalue weighted by atomic mass is 19.4. The Labute approximate surface area is 154 Å². The molecule has 1 fully saturated rings. The largest absolute Gasteiger partial charge is 0.418 e. The summed E-state index contributed by atoms with van der Waals surface area (Å²) in [5.74, 6) is -0.296. The van der Waals surface area contributed by atoms with Gasteiger partial charge in [-0.2, -0.15) is 13.2 Å². The number of amides is 1. The zero-order chi connectivity index (χ0) is 19.6. The molecule has 0 unspecified atom stereocenters. The van der Waals surface area contributed by atoms with Crippen LogP contribution in [0.5, 0.6) is 0 Å². The summed E-state index contributed by atoms with van der Waals surface area (Å²) in [6.45, 7) is 0.668. The summed E-state index contributed by atoms with van der Waals surface area (Å²) in [7, 11) is 1.88. The molecule has 2 heterocycles. The van der Waals surface area contributed by atoms with Gasteiger partial charge in [0.1, 0.15) is 0 Å². The fourth-order valence-corrected chi connectivity index (χ4v) is 3.31. The first-order valence-corrected chi connectivity index (χ1v) is 8.54. The molecule has 2 aromatic rings. The maximum absolute atomic E-state index is 13.1. The zero-order valence-corrected chi connectivity index (χ0v) is 14.7. The highest BCUT2D eigenvalue weighted by Gasteiger charge is 2.34. The highest BCUT2D eigenvalue weighted by molar-refractivity contribution is 5.94. The van der Waals surface area contributed by atoms with Gasteiger partial charge in [0.05, 0.1) is 17.9 Å². The van der Waals surface area contributed by atoms with Gasteiger partial charge in [0.15, 0.2) is 0 Å². The minimum atomic E-state index is -4.50. The first-order valence-electron chi connectivity index (χ1n) is 8.54. The molecule has 3 rings (SSSR count). The molecule has 1 saturated heterocycles. The summed E-state index contributed by atoms with van der Waals surface area (Å²) in [5, 5.41) is 12.2. The van der Waals surface area contributed by atoms with E-state index in [2.05, 4.69) is 10.3 Å². The number of likely N-dealkylation sites (N-methyl/N-ethyl adjacent to an activating group) is 1. The highest BCUT2D eigenvalue weighted by Crippen LogP contribution is 2.35. The van der Waals surface area contributed by atoms with Crippen molar-refractivity contribution in [2.75, 3.05) is 20.2 Å². The number of aliphatic hydroxyl groups excluding tert-OH is 1. The van der Waals surface area contributed by atoms with E-state index in [-0.39, 0.29) is 30.3 Å². The first-order chi connectivity index (χ1) is 12.8. The predicted octanol–water partition coefficient (Wildman–Crippen LogP) is 2.56. The molecular weight excluding hydrogens is 359 g/mol. The van der Waals surface area contributed by atoms with Crippen molar-refractivity contribution < 1.29 is 23.1 Å². The van der Waals surface area contributed by atoms with Crippen molar-refractivity contribution in [3.05, 3.63) is 53.7 Å². The van der Waals surface area contributed by atoms with Crippen molar-refractivity contribution in [1.82, 2.24) is 15.2 Å². The molecule has 1 aromatic heterocycles. The number of pyridine rings is 1. The van der Waals surface area contributed by atoms with Crippen LogP contribution in [-0.2, 0) is 6.18 Å². The molecule has 0 radical (unpaired) electrons. The quantitative estimate of drug-likeness (QED) is 0.857. The van der Waals surface area contributed by atoms with Crippen LogP contribution in [-0.4, -0.2) is 53.2 Å². The number of hydrogen-bond acceptors (Lipinski definition) is 4. The number of alkyl halides is 3. The minimum Gasteiger partial charge on any atom is -0.395 e. The molecule has 8 heteroatoms. The Balaban J connectivity index is 1.74. The average molecular weight is 379 g/mol. The number of carbonyl (C=O) groups excluding carboxylic acids is 1. The van der Waals surface area contributed by atoms with Gasteiger partial charge in [-0.05, 0) is 37.7 Å². The van der Waals surface area contributed by atoms with Crippen LogP contribution >= 0.6 is 0 Å². The monoisotopic (exact) mass is 379 g/mol. The van der Waals surface area contributed by atoms with Crippen LogP contribution in [0.4, 0.5) is 13.2 Å². The summed E-state index contributed by atoms with van der Waals surface area (Å²) in [6.07, 6.45) is -2.55. The van der Waals surface area contributed by atoms with Crippen LogP contribution < -0.4 is 5.32 Å². The van der Waals surface area contributed by atoms with Gasteiger partial charge in [-0.15, -0.1) is 0 Å². The topological polar surface area (TPSA) is 65.5 Å². The third kappa shape index (κ3) is 4.28. The van der Waals surface area contributed by atoms with Crippen LogP contribution in [0.2, 0.25) is 0 Å². The molecule has 144 valence electrons. The average Bonchev–Trinajstić information content (AvgIpc) is 3.00. The van der Waals surface area contributed by atoms with Crippen molar-refractivity contribution in [3.8, 4) is 11.3 Å². The number of likely N-dealkylation sites (tertiary alicyclic amines) is 1. The molecule has 2 N–H and O–H groups in total. The number of nitrogens with zero attached hydrogens (tertiary/aromatic N) is 2. The van der Waals surface area contributed by atoms with E-state index in [0.29, 0.717) is 24.1 Å². The van der Waals surface area contributed by atoms with E-state index < -0.39 is 11.7 Å². The van der Waals surface area contributed by atoms with Gasteiger partial charge in [-0.3, -0.25) is 14.7 Å². The van der Waals surface area contributed by atoms with E-state index in [1.807, 2.05) is 11.9 Å². The van der Waals surface area contributed by atoms with E-state index in [9.17, 15) is 23.1 Å². The van der Waals surface area contributed by atoms with E-state index >= 15 is 0 Å². The summed E-state index contributed by atoms with van der Waals surface area (Å²) in [4.78, 5) is 18.2. The number of benzene rings is 1. The molecule has 1 amide bonds. The molecule has 1 aliphatic heterocycles. The molecule has 2 atom stereocenters. The zero-order valence-electron chi connectivity index (χ0n) is 14.7. The van der Waals surface area contributed by atoms with Gasteiger partial charge < -0.3 is 10.4 Å². The van der Waals surface area contributed by atoms with Crippen molar-refractivity contribution in [1.29, 1.82) is 0 Å². The molecule has 27 heavy (non-hydrogen) atoms. The predicted molar refractivity (Wildman–Crippen MR) is 94.1 cm³/mol. The minimum absolute atomic E-state index is 0.0163. The van der Waals surface area contributed by atoms with Crippen molar-refractivity contribution in [3.63, 3.8) is 0 Å². The van der Waals surface area contributed by atoms with E-state index in [4.69, 9.17) is 0 Å². The second-order valence-corrected chi connectivity index (χ2v) is 6.66. The maximum atomic E-state index is 13.1. The lowest BCUT2D eigenvalue weighted by Crippen LogP contribution is -2.36.